The number of rotatable bonds is 3. The highest BCUT2D eigenvalue weighted by atomic mass is 19.1. The van der Waals surface area contributed by atoms with Gasteiger partial charge in [0.15, 0.2) is 0 Å². The molecule has 0 fully saturated rings. The molecule has 16 heavy (non-hydrogen) atoms. The quantitative estimate of drug-likeness (QED) is 0.631. The van der Waals surface area contributed by atoms with Crippen LogP contribution in [0.4, 0.5) is 10.1 Å². The molecule has 0 amide bonds. The van der Waals surface area contributed by atoms with Gasteiger partial charge in [-0.3, -0.25) is 4.79 Å². The van der Waals surface area contributed by atoms with Crippen molar-refractivity contribution in [2.75, 3.05) is 12.8 Å². The van der Waals surface area contributed by atoms with Gasteiger partial charge in [0.2, 0.25) is 0 Å². The van der Waals surface area contributed by atoms with Crippen molar-refractivity contribution in [3.8, 4) is 0 Å². The average molecular weight is 223 g/mol. The molecule has 3 nitrogen and oxygen atoms in total. The fourth-order valence-corrected chi connectivity index (χ4v) is 1.22. The van der Waals surface area contributed by atoms with E-state index in [1.807, 2.05) is 0 Å². The molecule has 1 rings (SSSR count). The molecule has 0 saturated carbocycles. The smallest absolute Gasteiger partial charge is 0.309 e. The summed E-state index contributed by atoms with van der Waals surface area (Å²) in [5.74, 6) is -0.718. The lowest BCUT2D eigenvalue weighted by Crippen LogP contribution is -1.97. The summed E-state index contributed by atoms with van der Waals surface area (Å²) in [6.45, 7) is 1.61. The fraction of sp³-hybridized carbons (Fsp3) is 0.250. The van der Waals surface area contributed by atoms with Crippen LogP contribution < -0.4 is 5.73 Å². The molecule has 0 aliphatic heterocycles. The fourth-order valence-electron chi connectivity index (χ4n) is 1.22. The molecule has 0 spiro atoms. The molecule has 0 heterocycles. The van der Waals surface area contributed by atoms with Gasteiger partial charge in [0.05, 0.1) is 13.5 Å². The van der Waals surface area contributed by atoms with E-state index in [-0.39, 0.29) is 18.2 Å². The summed E-state index contributed by atoms with van der Waals surface area (Å²) in [7, 11) is 1.31. The first kappa shape index (κ1) is 12.2. The summed E-state index contributed by atoms with van der Waals surface area (Å²) < 4.78 is 18.1. The van der Waals surface area contributed by atoms with Crippen LogP contribution >= 0.6 is 0 Å². The third-order valence-electron chi connectivity index (χ3n) is 2.27. The second-order valence-electron chi connectivity index (χ2n) is 3.37. The van der Waals surface area contributed by atoms with Gasteiger partial charge in [0.1, 0.15) is 5.82 Å². The summed E-state index contributed by atoms with van der Waals surface area (Å²) in [5.41, 5.74) is 6.80. The van der Waals surface area contributed by atoms with Crippen molar-refractivity contribution in [2.24, 2.45) is 0 Å². The molecule has 2 N–H and O–H groups in total. The molecule has 0 bridgehead atoms. The Kier molecular flexibility index (Phi) is 4.05. The third kappa shape index (κ3) is 2.82. The zero-order valence-corrected chi connectivity index (χ0v) is 9.29. The number of methoxy groups -OCH3 is 1. The van der Waals surface area contributed by atoms with Crippen LogP contribution in [0.15, 0.2) is 18.2 Å². The maximum Gasteiger partial charge on any atom is 0.309 e. The molecular formula is C12H14FNO2. The highest BCUT2D eigenvalue weighted by molar-refractivity contribution is 5.72. The minimum atomic E-state index is -0.360. The number of carbonyl (C=O) groups is 1. The summed E-state index contributed by atoms with van der Waals surface area (Å²) >= 11 is 0. The number of anilines is 1. The lowest BCUT2D eigenvalue weighted by Gasteiger charge is -2.04. The number of hydrogen-bond acceptors (Lipinski definition) is 3. The van der Waals surface area contributed by atoms with Gasteiger partial charge in [0.25, 0.3) is 0 Å². The molecule has 0 aliphatic rings. The number of halogens is 1. The maximum absolute atomic E-state index is 13.6. The van der Waals surface area contributed by atoms with E-state index >= 15 is 0 Å². The Labute approximate surface area is 93.7 Å². The summed E-state index contributed by atoms with van der Waals surface area (Å²) in [5, 5.41) is 0. The Bertz CT molecular complexity index is 427. The molecule has 1 aromatic carbocycles. The van der Waals surface area contributed by atoms with Gasteiger partial charge in [-0.2, -0.15) is 0 Å². The Morgan fingerprint density at radius 1 is 1.56 bits per heavy atom. The Morgan fingerprint density at radius 3 is 2.88 bits per heavy atom. The SMILES string of the molecule is COC(=O)CC=Cc1ccc(N)c(C)c1F. The lowest BCUT2D eigenvalue weighted by atomic mass is 10.1. The van der Waals surface area contributed by atoms with E-state index in [1.54, 1.807) is 31.2 Å². The minimum Gasteiger partial charge on any atom is -0.469 e. The van der Waals surface area contributed by atoms with Gasteiger partial charge in [-0.25, -0.2) is 4.39 Å². The zero-order chi connectivity index (χ0) is 12.1. The van der Waals surface area contributed by atoms with Crippen LogP contribution in [0, 0.1) is 12.7 Å². The van der Waals surface area contributed by atoms with Crippen molar-refractivity contribution in [1.29, 1.82) is 0 Å². The predicted molar refractivity (Wildman–Crippen MR) is 61.2 cm³/mol. The molecule has 0 radical (unpaired) electrons. The molecule has 0 unspecified atom stereocenters. The molecule has 1 aromatic rings. The van der Waals surface area contributed by atoms with E-state index in [2.05, 4.69) is 4.74 Å². The maximum atomic E-state index is 13.6. The number of benzene rings is 1. The number of nitrogens with two attached hydrogens (primary N) is 1. The predicted octanol–water partition coefficient (Wildman–Crippen LogP) is 2.29. The van der Waals surface area contributed by atoms with Gasteiger partial charge in [-0.05, 0) is 19.1 Å². The molecule has 86 valence electrons. The van der Waals surface area contributed by atoms with Crippen LogP contribution in [-0.2, 0) is 9.53 Å². The first-order valence-electron chi connectivity index (χ1n) is 4.84. The van der Waals surface area contributed by atoms with Gasteiger partial charge < -0.3 is 10.5 Å². The van der Waals surface area contributed by atoms with Crippen molar-refractivity contribution in [1.82, 2.24) is 0 Å². The van der Waals surface area contributed by atoms with Crippen LogP contribution in [0.25, 0.3) is 6.08 Å². The second kappa shape index (κ2) is 5.30. The first-order valence-corrected chi connectivity index (χ1v) is 4.84. The van der Waals surface area contributed by atoms with Crippen LogP contribution in [0.3, 0.4) is 0 Å². The third-order valence-corrected chi connectivity index (χ3v) is 2.27. The van der Waals surface area contributed by atoms with Crippen molar-refractivity contribution >= 4 is 17.7 Å². The van der Waals surface area contributed by atoms with Gasteiger partial charge >= 0.3 is 5.97 Å². The number of ether oxygens (including phenoxy) is 1. The topological polar surface area (TPSA) is 52.3 Å². The molecule has 0 aromatic heterocycles. The number of hydrogen-bond donors (Lipinski definition) is 1. The Balaban J connectivity index is 2.82. The molecule has 4 heteroatoms. The standard InChI is InChI=1S/C12H14FNO2/c1-8-10(14)7-6-9(12(8)13)4-3-5-11(15)16-2/h3-4,6-7H,5,14H2,1-2H3. The zero-order valence-electron chi connectivity index (χ0n) is 9.29. The Hall–Kier alpha value is -1.84. The molecular weight excluding hydrogens is 209 g/mol. The molecule has 0 saturated heterocycles. The van der Waals surface area contributed by atoms with E-state index in [9.17, 15) is 9.18 Å². The molecule has 0 aliphatic carbocycles. The van der Waals surface area contributed by atoms with Crippen molar-refractivity contribution in [3.63, 3.8) is 0 Å². The molecule has 0 atom stereocenters. The number of nitrogen functional groups attached to an aromatic ring is 1. The summed E-state index contributed by atoms with van der Waals surface area (Å²) in [6, 6.07) is 3.21. The van der Waals surface area contributed by atoms with Gasteiger partial charge in [-0.1, -0.05) is 12.2 Å². The van der Waals surface area contributed by atoms with Crippen LogP contribution in [-0.4, -0.2) is 13.1 Å². The van der Waals surface area contributed by atoms with E-state index in [0.717, 1.165) is 0 Å². The van der Waals surface area contributed by atoms with E-state index in [4.69, 9.17) is 5.73 Å². The minimum absolute atomic E-state index is 0.124. The summed E-state index contributed by atoms with van der Waals surface area (Å²) in [4.78, 5) is 10.8. The highest BCUT2D eigenvalue weighted by Crippen LogP contribution is 2.19. The van der Waals surface area contributed by atoms with Gasteiger partial charge in [-0.15, -0.1) is 0 Å². The van der Waals surface area contributed by atoms with E-state index in [1.165, 1.54) is 7.11 Å². The van der Waals surface area contributed by atoms with E-state index in [0.29, 0.717) is 16.8 Å². The van der Waals surface area contributed by atoms with Crippen LogP contribution in [0.5, 0.6) is 0 Å². The monoisotopic (exact) mass is 223 g/mol. The van der Waals surface area contributed by atoms with Crippen LogP contribution in [0.2, 0.25) is 0 Å². The van der Waals surface area contributed by atoms with Gasteiger partial charge in [0, 0.05) is 16.8 Å². The lowest BCUT2D eigenvalue weighted by molar-refractivity contribution is -0.139. The second-order valence-corrected chi connectivity index (χ2v) is 3.37. The van der Waals surface area contributed by atoms with Crippen molar-refractivity contribution in [3.05, 3.63) is 35.2 Å². The largest absolute Gasteiger partial charge is 0.469 e. The first-order chi connectivity index (χ1) is 7.56. The van der Waals surface area contributed by atoms with Crippen molar-refractivity contribution in [2.45, 2.75) is 13.3 Å². The number of esters is 1. The van der Waals surface area contributed by atoms with E-state index < -0.39 is 0 Å². The van der Waals surface area contributed by atoms with Crippen LogP contribution in [0.1, 0.15) is 17.5 Å². The Morgan fingerprint density at radius 2 is 2.25 bits per heavy atom. The highest BCUT2D eigenvalue weighted by Gasteiger charge is 2.05. The summed E-state index contributed by atoms with van der Waals surface area (Å²) in [6.07, 6.45) is 3.22. The number of carbonyl (C=O) groups excluding carboxylic acids is 1. The average Bonchev–Trinajstić information content (AvgIpc) is 2.29. The van der Waals surface area contributed by atoms with Crippen molar-refractivity contribution < 1.29 is 13.9 Å². The normalized spacial score (nSPS) is 10.7.